The highest BCUT2D eigenvalue weighted by Crippen LogP contribution is 2.25. The molecule has 0 heterocycles. The highest BCUT2D eigenvalue weighted by atomic mass is 19.4. The summed E-state index contributed by atoms with van der Waals surface area (Å²) in [4.78, 5) is 10.6. The van der Waals surface area contributed by atoms with Gasteiger partial charge in [0.1, 0.15) is 6.04 Å². The molecular weight excluding hydrogens is 233 g/mol. The molecule has 0 aromatic heterocycles. The number of carbonyl (C=O) groups excluding carboxylic acids is 1. The van der Waals surface area contributed by atoms with Crippen LogP contribution in [0.1, 0.15) is 44.9 Å². The van der Waals surface area contributed by atoms with Gasteiger partial charge in [-0.25, -0.2) is 0 Å². The number of alkyl halides is 3. The standard InChI is InChI=1S/C11H19F3N2O/c12-11(13,14)9(7-10(15)17)16-8-5-3-1-2-4-6-8/h8-9,16H,1-7H2,(H2,15,17). The zero-order chi connectivity index (χ0) is 12.9. The van der Waals surface area contributed by atoms with E-state index in [-0.39, 0.29) is 6.04 Å². The molecule has 0 bridgehead atoms. The van der Waals surface area contributed by atoms with E-state index in [2.05, 4.69) is 5.32 Å². The summed E-state index contributed by atoms with van der Waals surface area (Å²) in [5, 5.41) is 2.54. The molecular formula is C11H19F3N2O. The van der Waals surface area contributed by atoms with Crippen molar-refractivity contribution in [2.75, 3.05) is 0 Å². The van der Waals surface area contributed by atoms with Gasteiger partial charge in [0.05, 0.1) is 6.42 Å². The number of amides is 1. The minimum absolute atomic E-state index is 0.150. The maximum absolute atomic E-state index is 12.7. The molecule has 3 nitrogen and oxygen atoms in total. The SMILES string of the molecule is NC(=O)CC(NC1CCCCCC1)C(F)(F)F. The summed E-state index contributed by atoms with van der Waals surface area (Å²) in [6, 6.07) is -1.95. The Hall–Kier alpha value is -0.780. The van der Waals surface area contributed by atoms with Crippen LogP contribution in [0.2, 0.25) is 0 Å². The fraction of sp³-hybridized carbons (Fsp3) is 0.909. The van der Waals surface area contributed by atoms with Gasteiger partial charge in [0.25, 0.3) is 0 Å². The highest BCUT2D eigenvalue weighted by molar-refractivity contribution is 5.74. The summed E-state index contributed by atoms with van der Waals surface area (Å²) in [5.41, 5.74) is 4.85. The summed E-state index contributed by atoms with van der Waals surface area (Å²) in [7, 11) is 0. The van der Waals surface area contributed by atoms with Crippen LogP contribution in [0, 0.1) is 0 Å². The number of nitrogens with one attached hydrogen (secondary N) is 1. The van der Waals surface area contributed by atoms with Crippen LogP contribution in [0.25, 0.3) is 0 Å². The van der Waals surface area contributed by atoms with Gasteiger partial charge in [0, 0.05) is 6.04 Å². The third-order valence-corrected chi connectivity index (χ3v) is 3.09. The molecule has 1 atom stereocenters. The third-order valence-electron chi connectivity index (χ3n) is 3.09. The Morgan fingerprint density at radius 3 is 2.18 bits per heavy atom. The number of rotatable bonds is 4. The Morgan fingerprint density at radius 1 is 1.24 bits per heavy atom. The van der Waals surface area contributed by atoms with E-state index in [9.17, 15) is 18.0 Å². The van der Waals surface area contributed by atoms with Crippen molar-refractivity contribution in [3.05, 3.63) is 0 Å². The average molecular weight is 252 g/mol. The highest BCUT2D eigenvalue weighted by Gasteiger charge is 2.41. The lowest BCUT2D eigenvalue weighted by Gasteiger charge is -2.26. The van der Waals surface area contributed by atoms with Crippen LogP contribution in [0.15, 0.2) is 0 Å². The molecule has 6 heteroatoms. The number of hydrogen-bond donors (Lipinski definition) is 2. The van der Waals surface area contributed by atoms with E-state index in [1.54, 1.807) is 0 Å². The molecule has 0 aromatic carbocycles. The van der Waals surface area contributed by atoms with Crippen molar-refractivity contribution in [1.82, 2.24) is 5.32 Å². The maximum atomic E-state index is 12.7. The summed E-state index contributed by atoms with van der Waals surface area (Å²) in [6.07, 6.45) is 0.422. The molecule has 0 radical (unpaired) electrons. The second-order valence-corrected chi connectivity index (χ2v) is 4.62. The van der Waals surface area contributed by atoms with Crippen molar-refractivity contribution in [3.8, 4) is 0 Å². The molecule has 100 valence electrons. The maximum Gasteiger partial charge on any atom is 0.404 e. The smallest absolute Gasteiger partial charge is 0.370 e. The summed E-state index contributed by atoms with van der Waals surface area (Å²) in [6.45, 7) is 0. The third kappa shape index (κ3) is 5.39. The minimum atomic E-state index is -4.42. The number of nitrogens with two attached hydrogens (primary N) is 1. The second-order valence-electron chi connectivity index (χ2n) is 4.62. The molecule has 1 aliphatic rings. The van der Waals surface area contributed by atoms with Gasteiger partial charge in [-0.1, -0.05) is 25.7 Å². The van der Waals surface area contributed by atoms with Gasteiger partial charge < -0.3 is 11.1 Å². The van der Waals surface area contributed by atoms with Gasteiger partial charge in [-0.15, -0.1) is 0 Å². The molecule has 1 saturated carbocycles. The van der Waals surface area contributed by atoms with E-state index in [1.807, 2.05) is 0 Å². The molecule has 1 rings (SSSR count). The van der Waals surface area contributed by atoms with E-state index in [0.717, 1.165) is 38.5 Å². The first-order chi connectivity index (χ1) is 7.89. The number of primary amides is 1. The van der Waals surface area contributed by atoms with Crippen molar-refractivity contribution in [2.45, 2.75) is 63.2 Å². The van der Waals surface area contributed by atoms with Gasteiger partial charge in [0.2, 0.25) is 5.91 Å². The number of halogens is 3. The monoisotopic (exact) mass is 252 g/mol. The first kappa shape index (κ1) is 14.3. The zero-order valence-corrected chi connectivity index (χ0v) is 9.72. The van der Waals surface area contributed by atoms with Crippen LogP contribution in [0.5, 0.6) is 0 Å². The van der Waals surface area contributed by atoms with E-state index in [0.29, 0.717) is 0 Å². The van der Waals surface area contributed by atoms with Gasteiger partial charge in [-0.2, -0.15) is 13.2 Å². The van der Waals surface area contributed by atoms with E-state index < -0.39 is 24.5 Å². The second kappa shape index (κ2) is 6.23. The van der Waals surface area contributed by atoms with Crippen LogP contribution >= 0.6 is 0 Å². The fourth-order valence-corrected chi connectivity index (χ4v) is 2.20. The van der Waals surface area contributed by atoms with Gasteiger partial charge in [0.15, 0.2) is 0 Å². The van der Waals surface area contributed by atoms with Crippen LogP contribution < -0.4 is 11.1 Å². The van der Waals surface area contributed by atoms with E-state index in [1.165, 1.54) is 0 Å². The molecule has 1 fully saturated rings. The van der Waals surface area contributed by atoms with Gasteiger partial charge in [-0.05, 0) is 12.8 Å². The summed E-state index contributed by atoms with van der Waals surface area (Å²) >= 11 is 0. The molecule has 1 aliphatic carbocycles. The Labute approximate surface area is 98.9 Å². The van der Waals surface area contributed by atoms with Crippen molar-refractivity contribution in [1.29, 1.82) is 0 Å². The van der Waals surface area contributed by atoms with Gasteiger partial charge >= 0.3 is 6.18 Å². The molecule has 0 spiro atoms. The predicted octanol–water partition coefficient (Wildman–Crippen LogP) is 2.11. The molecule has 17 heavy (non-hydrogen) atoms. The largest absolute Gasteiger partial charge is 0.404 e. The molecule has 1 unspecified atom stereocenters. The number of carbonyl (C=O) groups is 1. The van der Waals surface area contributed by atoms with Crippen LogP contribution in [-0.2, 0) is 4.79 Å². The van der Waals surface area contributed by atoms with Crippen molar-refractivity contribution in [2.24, 2.45) is 5.73 Å². The number of hydrogen-bond acceptors (Lipinski definition) is 2. The van der Waals surface area contributed by atoms with Crippen molar-refractivity contribution in [3.63, 3.8) is 0 Å². The minimum Gasteiger partial charge on any atom is -0.370 e. The topological polar surface area (TPSA) is 55.1 Å². The fourth-order valence-electron chi connectivity index (χ4n) is 2.20. The lowest BCUT2D eigenvalue weighted by molar-refractivity contribution is -0.163. The van der Waals surface area contributed by atoms with Crippen LogP contribution in [-0.4, -0.2) is 24.2 Å². The zero-order valence-electron chi connectivity index (χ0n) is 9.72. The van der Waals surface area contributed by atoms with Crippen LogP contribution in [0.4, 0.5) is 13.2 Å². The van der Waals surface area contributed by atoms with Crippen LogP contribution in [0.3, 0.4) is 0 Å². The molecule has 0 aromatic rings. The Kier molecular flexibility index (Phi) is 5.24. The Morgan fingerprint density at radius 2 is 1.76 bits per heavy atom. The normalized spacial score (nSPS) is 20.9. The van der Waals surface area contributed by atoms with Gasteiger partial charge in [-0.3, -0.25) is 4.79 Å². The lowest BCUT2D eigenvalue weighted by atomic mass is 10.1. The molecule has 0 saturated heterocycles. The molecule has 0 aliphatic heterocycles. The summed E-state index contributed by atoms with van der Waals surface area (Å²) < 4.78 is 38.0. The summed E-state index contributed by atoms with van der Waals surface area (Å²) in [5.74, 6) is -0.923. The quantitative estimate of drug-likeness (QED) is 0.753. The van der Waals surface area contributed by atoms with E-state index in [4.69, 9.17) is 5.73 Å². The molecule has 1 amide bonds. The van der Waals surface area contributed by atoms with E-state index >= 15 is 0 Å². The predicted molar refractivity (Wildman–Crippen MR) is 58.3 cm³/mol. The first-order valence-corrected chi connectivity index (χ1v) is 6.00. The Bertz CT molecular complexity index is 248. The average Bonchev–Trinajstić information content (AvgIpc) is 2.43. The van der Waals surface area contributed by atoms with Crippen molar-refractivity contribution < 1.29 is 18.0 Å². The van der Waals surface area contributed by atoms with Crippen molar-refractivity contribution >= 4 is 5.91 Å². The molecule has 3 N–H and O–H groups in total. The lowest BCUT2D eigenvalue weighted by Crippen LogP contribution is -2.49. The Balaban J connectivity index is 2.54. The first-order valence-electron chi connectivity index (χ1n) is 6.00.